The van der Waals surface area contributed by atoms with E-state index in [1.165, 1.54) is 6.07 Å². The van der Waals surface area contributed by atoms with Gasteiger partial charge in [0.15, 0.2) is 5.69 Å². The van der Waals surface area contributed by atoms with E-state index >= 15 is 0 Å². The van der Waals surface area contributed by atoms with Crippen LogP contribution in [0.3, 0.4) is 0 Å². The third kappa shape index (κ3) is 2.91. The van der Waals surface area contributed by atoms with Crippen LogP contribution in [-0.2, 0) is 4.74 Å². The molecule has 0 radical (unpaired) electrons. The van der Waals surface area contributed by atoms with Crippen molar-refractivity contribution in [2.45, 2.75) is 13.0 Å². The average Bonchev–Trinajstić information content (AvgIpc) is 3.04. The van der Waals surface area contributed by atoms with Gasteiger partial charge < -0.3 is 14.6 Å². The number of para-hydroxylation sites is 1. The highest BCUT2D eigenvalue weighted by Crippen LogP contribution is 2.23. The molecule has 3 heterocycles. The van der Waals surface area contributed by atoms with Crippen LogP contribution in [0.1, 0.15) is 28.1 Å². The number of aryl methyl sites for hydroxylation is 1. The normalized spacial score (nSPS) is 17.8. The number of aromatic nitrogens is 4. The van der Waals surface area contributed by atoms with Crippen LogP contribution in [0.15, 0.2) is 35.1 Å². The summed E-state index contributed by atoms with van der Waals surface area (Å²) in [6.45, 7) is 2.90. The zero-order valence-corrected chi connectivity index (χ0v) is 13.7. The molecule has 4 rings (SSSR count). The molecule has 0 bridgehead atoms. The Hall–Kier alpha value is -3.00. The Morgan fingerprint density at radius 3 is 3.04 bits per heavy atom. The molecule has 0 unspecified atom stereocenters. The molecule has 1 amide bonds. The molecule has 128 valence electrons. The first-order chi connectivity index (χ1) is 12.1. The van der Waals surface area contributed by atoms with E-state index in [1.54, 1.807) is 11.8 Å². The number of nitrogens with zero attached hydrogens (tertiary/aromatic N) is 3. The number of benzene rings is 1. The third-order valence-electron chi connectivity index (χ3n) is 4.24. The Morgan fingerprint density at radius 2 is 2.20 bits per heavy atom. The molecule has 0 spiro atoms. The highest BCUT2D eigenvalue weighted by atomic mass is 16.5. The van der Waals surface area contributed by atoms with Gasteiger partial charge in [-0.25, -0.2) is 4.98 Å². The molecule has 2 N–H and O–H groups in total. The molecule has 1 aliphatic heterocycles. The summed E-state index contributed by atoms with van der Waals surface area (Å²) < 4.78 is 5.72. The molecule has 25 heavy (non-hydrogen) atoms. The maximum absolute atomic E-state index is 12.9. The van der Waals surface area contributed by atoms with Gasteiger partial charge in [0.2, 0.25) is 0 Å². The molecule has 1 aromatic carbocycles. The van der Waals surface area contributed by atoms with Gasteiger partial charge in [-0.2, -0.15) is 5.10 Å². The number of nitrogens with one attached hydrogen (secondary N) is 2. The Labute approximate surface area is 142 Å². The molecule has 1 fully saturated rings. The van der Waals surface area contributed by atoms with Gasteiger partial charge in [0.25, 0.3) is 11.5 Å². The zero-order chi connectivity index (χ0) is 17.4. The van der Waals surface area contributed by atoms with Crippen molar-refractivity contribution in [2.24, 2.45) is 0 Å². The fraction of sp³-hybridized carbons (Fsp3) is 0.294. The summed E-state index contributed by atoms with van der Waals surface area (Å²) in [4.78, 5) is 33.2. The maximum Gasteiger partial charge on any atom is 0.275 e. The highest BCUT2D eigenvalue weighted by Gasteiger charge is 2.29. The van der Waals surface area contributed by atoms with E-state index in [4.69, 9.17) is 4.74 Å². The number of aromatic amines is 2. The van der Waals surface area contributed by atoms with Crippen molar-refractivity contribution in [2.75, 3.05) is 19.7 Å². The van der Waals surface area contributed by atoms with Gasteiger partial charge >= 0.3 is 0 Å². The van der Waals surface area contributed by atoms with Gasteiger partial charge in [0.1, 0.15) is 11.9 Å². The van der Waals surface area contributed by atoms with Crippen LogP contribution in [0.2, 0.25) is 0 Å². The molecule has 8 heteroatoms. The minimum atomic E-state index is -0.427. The number of H-pyrrole nitrogens is 2. The van der Waals surface area contributed by atoms with E-state index in [2.05, 4.69) is 20.2 Å². The number of ether oxygens (including phenoxy) is 1. The summed E-state index contributed by atoms with van der Waals surface area (Å²) in [7, 11) is 0. The van der Waals surface area contributed by atoms with Crippen molar-refractivity contribution in [3.63, 3.8) is 0 Å². The van der Waals surface area contributed by atoms with E-state index in [-0.39, 0.29) is 11.5 Å². The minimum absolute atomic E-state index is 0.160. The largest absolute Gasteiger partial charge is 0.368 e. The summed E-state index contributed by atoms with van der Waals surface area (Å²) >= 11 is 0. The molecule has 3 aromatic rings. The Morgan fingerprint density at radius 1 is 1.36 bits per heavy atom. The molecule has 0 aliphatic carbocycles. The maximum atomic E-state index is 12.9. The number of morpholine rings is 1. The van der Waals surface area contributed by atoms with Gasteiger partial charge in [0.05, 0.1) is 24.4 Å². The number of amides is 1. The van der Waals surface area contributed by atoms with Gasteiger partial charge in [-0.15, -0.1) is 0 Å². The number of hydrogen-bond acceptors (Lipinski definition) is 5. The zero-order valence-electron chi connectivity index (χ0n) is 13.7. The number of fused-ring (bicyclic) bond motifs is 1. The van der Waals surface area contributed by atoms with Gasteiger partial charge in [-0.3, -0.25) is 14.7 Å². The van der Waals surface area contributed by atoms with E-state index in [0.717, 1.165) is 10.9 Å². The second-order valence-electron chi connectivity index (χ2n) is 5.98. The van der Waals surface area contributed by atoms with Crippen LogP contribution in [0, 0.1) is 6.92 Å². The molecular formula is C17H17N5O3. The highest BCUT2D eigenvalue weighted by molar-refractivity contribution is 6.04. The molecule has 2 aromatic heterocycles. The summed E-state index contributed by atoms with van der Waals surface area (Å²) in [5.41, 5.74) is 1.52. The standard InChI is InChI=1S/C17H17N5O3/c1-10-18-13(8-15(23)19-10)14-9-22(6-7-25-14)17(24)16-11-4-2-3-5-12(11)20-21-16/h2-5,8,14H,6-7,9H2,1H3,(H,20,21)(H,18,19,23)/t14-/m1/s1. The molecule has 8 nitrogen and oxygen atoms in total. The summed E-state index contributed by atoms with van der Waals surface area (Å²) in [5.74, 6) is 0.361. The second kappa shape index (κ2) is 6.14. The lowest BCUT2D eigenvalue weighted by molar-refractivity contribution is -0.0250. The lowest BCUT2D eigenvalue weighted by atomic mass is 10.1. The van der Waals surface area contributed by atoms with Crippen molar-refractivity contribution in [3.8, 4) is 0 Å². The lowest BCUT2D eigenvalue weighted by Crippen LogP contribution is -2.43. The molecule has 1 saturated heterocycles. The van der Waals surface area contributed by atoms with Crippen LogP contribution in [-0.4, -0.2) is 50.7 Å². The first-order valence-corrected chi connectivity index (χ1v) is 8.03. The van der Waals surface area contributed by atoms with Crippen LogP contribution < -0.4 is 5.56 Å². The predicted molar refractivity (Wildman–Crippen MR) is 90.3 cm³/mol. The Balaban J connectivity index is 1.60. The van der Waals surface area contributed by atoms with Crippen LogP contribution in [0.25, 0.3) is 10.9 Å². The van der Waals surface area contributed by atoms with Crippen LogP contribution >= 0.6 is 0 Å². The minimum Gasteiger partial charge on any atom is -0.368 e. The first-order valence-electron chi connectivity index (χ1n) is 8.03. The van der Waals surface area contributed by atoms with Crippen molar-refractivity contribution >= 4 is 16.8 Å². The molecule has 1 aliphatic rings. The average molecular weight is 339 g/mol. The predicted octanol–water partition coefficient (Wildman–Crippen LogP) is 1.17. The summed E-state index contributed by atoms with van der Waals surface area (Å²) in [6.07, 6.45) is -0.427. The van der Waals surface area contributed by atoms with Crippen molar-refractivity contribution < 1.29 is 9.53 Å². The van der Waals surface area contributed by atoms with E-state index < -0.39 is 6.10 Å². The van der Waals surface area contributed by atoms with Crippen molar-refractivity contribution in [1.82, 2.24) is 25.1 Å². The molecule has 1 atom stereocenters. The lowest BCUT2D eigenvalue weighted by Gasteiger charge is -2.32. The monoisotopic (exact) mass is 339 g/mol. The summed E-state index contributed by atoms with van der Waals surface area (Å²) in [6, 6.07) is 8.92. The van der Waals surface area contributed by atoms with E-state index in [1.807, 2.05) is 24.3 Å². The van der Waals surface area contributed by atoms with Crippen molar-refractivity contribution in [3.05, 3.63) is 57.9 Å². The summed E-state index contributed by atoms with van der Waals surface area (Å²) in [5, 5.41) is 7.84. The SMILES string of the molecule is Cc1nc([C@H]2CN(C(=O)c3n[nH]c4ccccc34)CCO2)cc(=O)[nH]1. The third-order valence-corrected chi connectivity index (χ3v) is 4.24. The van der Waals surface area contributed by atoms with Crippen LogP contribution in [0.4, 0.5) is 0 Å². The van der Waals surface area contributed by atoms with Crippen molar-refractivity contribution in [1.29, 1.82) is 0 Å². The molecule has 0 saturated carbocycles. The van der Waals surface area contributed by atoms with Gasteiger partial charge in [-0.1, -0.05) is 18.2 Å². The number of carbonyl (C=O) groups excluding carboxylic acids is 1. The Bertz CT molecular complexity index is 993. The first kappa shape index (κ1) is 15.5. The van der Waals surface area contributed by atoms with Gasteiger partial charge in [-0.05, 0) is 13.0 Å². The smallest absolute Gasteiger partial charge is 0.275 e. The number of hydrogen-bond donors (Lipinski definition) is 2. The van der Waals surface area contributed by atoms with E-state index in [0.29, 0.717) is 36.9 Å². The fourth-order valence-corrected chi connectivity index (χ4v) is 3.06. The van der Waals surface area contributed by atoms with Crippen LogP contribution in [0.5, 0.6) is 0 Å². The quantitative estimate of drug-likeness (QED) is 0.729. The Kier molecular flexibility index (Phi) is 3.81. The number of carbonyl (C=O) groups is 1. The van der Waals surface area contributed by atoms with Gasteiger partial charge in [0, 0.05) is 18.0 Å². The van der Waals surface area contributed by atoms with E-state index in [9.17, 15) is 9.59 Å². The number of rotatable bonds is 2. The fourth-order valence-electron chi connectivity index (χ4n) is 3.06. The second-order valence-corrected chi connectivity index (χ2v) is 5.98. The topological polar surface area (TPSA) is 104 Å². The molecular weight excluding hydrogens is 322 g/mol.